The average Bonchev–Trinajstić information content (AvgIpc) is 3.45. The van der Waals surface area contributed by atoms with Crippen molar-refractivity contribution in [2.45, 2.75) is 109 Å². The summed E-state index contributed by atoms with van der Waals surface area (Å²) in [6, 6.07) is 0. The minimum atomic E-state index is -2.93. The van der Waals surface area contributed by atoms with E-state index >= 15 is 0 Å². The molecule has 2 aliphatic heterocycles. The van der Waals surface area contributed by atoms with Crippen LogP contribution in [0.25, 0.3) is 11.2 Å². The van der Waals surface area contributed by atoms with E-state index in [-0.39, 0.29) is 46.9 Å². The summed E-state index contributed by atoms with van der Waals surface area (Å²) in [7, 11) is -4.06. The molecule has 14 heteroatoms. The number of rotatable bonds is 9. The summed E-state index contributed by atoms with van der Waals surface area (Å²) >= 11 is 0. The molecule has 2 fully saturated rings. The number of nitrogens with zero attached hydrogens (tertiary/aromatic N) is 4. The number of nitrogens with one attached hydrogen (secondary N) is 1. The molecule has 4 rings (SSSR count). The van der Waals surface area contributed by atoms with Gasteiger partial charge in [-0.1, -0.05) is 55.4 Å². The van der Waals surface area contributed by atoms with Gasteiger partial charge in [-0.3, -0.25) is 9.36 Å². The fourth-order valence-corrected chi connectivity index (χ4v) is 17.2. The van der Waals surface area contributed by atoms with Gasteiger partial charge >= 0.3 is 17.1 Å². The highest BCUT2D eigenvalue weighted by atomic mass is 28.5. The molecule has 2 saturated heterocycles. The van der Waals surface area contributed by atoms with Crippen molar-refractivity contribution in [3.8, 4) is 0 Å². The topological polar surface area (TPSA) is 145 Å². The van der Waals surface area contributed by atoms with Gasteiger partial charge in [0.05, 0.1) is 19.5 Å². The Balaban J connectivity index is 1.81. The van der Waals surface area contributed by atoms with Crippen molar-refractivity contribution in [3.63, 3.8) is 0 Å². The van der Waals surface area contributed by atoms with Crippen molar-refractivity contribution in [1.29, 1.82) is 0 Å². The standard InChI is InChI=1S/C26H46N6O6Si2/c1-15(2)39(16(3)4)35-12-19-22(37-40(38-39,17(5)6)18(7)8)23(34-11-10-20(33)28-9)26(36-19)32-14-31-21-24(27)29-13-30-25(21)32/h13-19,22-23,26H,10-12H2,1-9H3,(H,28,33)(H2,27,29,30)/t19-,22+,23+,26-/m1/s1. The number of carbonyl (C=O) groups is 1. The number of hydrogen-bond acceptors (Lipinski definition) is 10. The van der Waals surface area contributed by atoms with E-state index in [0.717, 1.165) is 0 Å². The van der Waals surface area contributed by atoms with Crippen LogP contribution in [0.2, 0.25) is 22.2 Å². The van der Waals surface area contributed by atoms with Gasteiger partial charge in [0.1, 0.15) is 30.2 Å². The van der Waals surface area contributed by atoms with E-state index in [2.05, 4.69) is 75.7 Å². The first-order valence-electron chi connectivity index (χ1n) is 14.3. The lowest BCUT2D eigenvalue weighted by Gasteiger charge is -2.51. The van der Waals surface area contributed by atoms with E-state index in [1.54, 1.807) is 13.4 Å². The minimum Gasteiger partial charge on any atom is -0.414 e. The zero-order valence-corrected chi connectivity index (χ0v) is 27.2. The molecule has 0 unspecified atom stereocenters. The molecule has 2 aromatic rings. The lowest BCUT2D eigenvalue weighted by atomic mass is 10.1. The van der Waals surface area contributed by atoms with Crippen LogP contribution < -0.4 is 11.1 Å². The number of anilines is 1. The number of ether oxygens (including phenoxy) is 2. The molecular weight excluding hydrogens is 548 g/mol. The van der Waals surface area contributed by atoms with E-state index in [0.29, 0.717) is 17.8 Å². The molecule has 3 N–H and O–H groups in total. The number of nitrogens with two attached hydrogens (primary N) is 1. The largest absolute Gasteiger partial charge is 0.414 e. The maximum atomic E-state index is 12.0. The third-order valence-corrected chi connectivity index (χ3v) is 18.4. The Morgan fingerprint density at radius 3 is 2.33 bits per heavy atom. The second-order valence-electron chi connectivity index (χ2n) is 12.0. The van der Waals surface area contributed by atoms with Crippen molar-refractivity contribution in [1.82, 2.24) is 24.8 Å². The first-order chi connectivity index (χ1) is 18.9. The van der Waals surface area contributed by atoms with Gasteiger partial charge in [-0.25, -0.2) is 15.0 Å². The third kappa shape index (κ3) is 5.46. The Bertz CT molecular complexity index is 1160. The molecular formula is C26H46N6O6Si2. The summed E-state index contributed by atoms with van der Waals surface area (Å²) in [5, 5.41) is 2.65. The maximum Gasteiger partial charge on any atom is 0.335 e. The third-order valence-electron chi connectivity index (χ3n) is 8.20. The normalized spacial score (nSPS) is 26.4. The van der Waals surface area contributed by atoms with E-state index in [4.69, 9.17) is 28.2 Å². The number of fused-ring (bicyclic) bond motifs is 2. The maximum absolute atomic E-state index is 12.0. The average molecular weight is 595 g/mol. The summed E-state index contributed by atoms with van der Waals surface area (Å²) in [5.41, 5.74) is 7.82. The summed E-state index contributed by atoms with van der Waals surface area (Å²) in [6.45, 7) is 18.0. The molecule has 0 aromatic carbocycles. The Hall–Kier alpha value is -1.95. The first kappa shape index (κ1) is 31.0. The van der Waals surface area contributed by atoms with Gasteiger partial charge in [-0.05, 0) is 22.2 Å². The van der Waals surface area contributed by atoms with Gasteiger partial charge in [0, 0.05) is 13.5 Å². The number of imidazole rings is 1. The lowest BCUT2D eigenvalue weighted by Crippen LogP contribution is -2.66. The zero-order chi connectivity index (χ0) is 29.4. The second-order valence-corrected chi connectivity index (χ2v) is 20.8. The van der Waals surface area contributed by atoms with Crippen LogP contribution in [0.15, 0.2) is 12.7 Å². The number of aromatic nitrogens is 4. The molecule has 0 spiro atoms. The Morgan fingerprint density at radius 1 is 1.07 bits per heavy atom. The van der Waals surface area contributed by atoms with Crippen molar-refractivity contribution in [3.05, 3.63) is 12.7 Å². The summed E-state index contributed by atoms with van der Waals surface area (Å²) < 4.78 is 36.5. The second kappa shape index (κ2) is 12.1. The molecule has 40 heavy (non-hydrogen) atoms. The summed E-state index contributed by atoms with van der Waals surface area (Å²) in [6.07, 6.45) is 1.12. The lowest BCUT2D eigenvalue weighted by molar-refractivity contribution is -0.123. The van der Waals surface area contributed by atoms with Crippen molar-refractivity contribution < 1.29 is 27.2 Å². The molecule has 0 bridgehead atoms. The van der Waals surface area contributed by atoms with Crippen LogP contribution in [0.3, 0.4) is 0 Å². The SMILES string of the molecule is CNC(=O)CCO[C@H]1[C@H]2O[Si](C(C)C)(C(C)C)O[Si](C(C)C)(C(C)C)OC[C@H]2O[C@H]1n1cnc2c(N)ncnc21. The molecule has 0 aliphatic carbocycles. The monoisotopic (exact) mass is 594 g/mol. The number of carbonyl (C=O) groups excluding carboxylic acids is 1. The van der Waals surface area contributed by atoms with E-state index in [1.165, 1.54) is 6.33 Å². The predicted molar refractivity (Wildman–Crippen MR) is 156 cm³/mol. The molecule has 12 nitrogen and oxygen atoms in total. The highest BCUT2D eigenvalue weighted by molar-refractivity contribution is 6.84. The number of hydrogen-bond donors (Lipinski definition) is 2. The van der Waals surface area contributed by atoms with Crippen molar-refractivity contribution in [2.24, 2.45) is 0 Å². The molecule has 224 valence electrons. The number of amides is 1. The Morgan fingerprint density at radius 2 is 1.73 bits per heavy atom. The van der Waals surface area contributed by atoms with Gasteiger partial charge in [0.2, 0.25) is 5.91 Å². The fourth-order valence-electron chi connectivity index (χ4n) is 5.99. The molecule has 1 amide bonds. The van der Waals surface area contributed by atoms with Gasteiger partial charge < -0.3 is 33.5 Å². The summed E-state index contributed by atoms with van der Waals surface area (Å²) in [5.74, 6) is 0.178. The zero-order valence-electron chi connectivity index (χ0n) is 25.2. The van der Waals surface area contributed by atoms with Gasteiger partial charge in [-0.15, -0.1) is 0 Å². The first-order valence-corrected chi connectivity index (χ1v) is 18.2. The van der Waals surface area contributed by atoms with E-state index in [1.807, 2.05) is 4.57 Å². The highest BCUT2D eigenvalue weighted by Gasteiger charge is 2.62. The van der Waals surface area contributed by atoms with E-state index in [9.17, 15) is 4.79 Å². The molecule has 0 saturated carbocycles. The van der Waals surface area contributed by atoms with Gasteiger partial charge in [0.25, 0.3) is 0 Å². The van der Waals surface area contributed by atoms with Crippen LogP contribution in [0.1, 0.15) is 68.0 Å². The van der Waals surface area contributed by atoms with Crippen molar-refractivity contribution >= 4 is 40.0 Å². The van der Waals surface area contributed by atoms with Gasteiger partial charge in [0.15, 0.2) is 17.7 Å². The van der Waals surface area contributed by atoms with Crippen molar-refractivity contribution in [2.75, 3.05) is 26.0 Å². The fraction of sp³-hybridized carbons (Fsp3) is 0.769. The Labute approximate surface area is 239 Å². The number of nitrogen functional groups attached to an aromatic ring is 1. The highest BCUT2D eigenvalue weighted by Crippen LogP contribution is 2.49. The van der Waals surface area contributed by atoms with Crippen LogP contribution in [-0.4, -0.2) is 81.1 Å². The quantitative estimate of drug-likeness (QED) is 0.411. The van der Waals surface area contributed by atoms with Crippen LogP contribution in [0, 0.1) is 0 Å². The summed E-state index contributed by atoms with van der Waals surface area (Å²) in [4.78, 5) is 25.0. The van der Waals surface area contributed by atoms with Crippen LogP contribution in [0.5, 0.6) is 0 Å². The van der Waals surface area contributed by atoms with E-state index < -0.39 is 41.7 Å². The predicted octanol–water partition coefficient (Wildman–Crippen LogP) is 3.78. The van der Waals surface area contributed by atoms with Crippen LogP contribution in [-0.2, 0) is 27.2 Å². The minimum absolute atomic E-state index is 0.108. The molecule has 4 atom stereocenters. The smallest absolute Gasteiger partial charge is 0.335 e. The van der Waals surface area contributed by atoms with Gasteiger partial charge in [-0.2, -0.15) is 0 Å². The van der Waals surface area contributed by atoms with Crippen LogP contribution >= 0.6 is 0 Å². The van der Waals surface area contributed by atoms with Crippen LogP contribution in [0.4, 0.5) is 5.82 Å². The molecule has 2 aromatic heterocycles. The molecule has 0 radical (unpaired) electrons. The Kier molecular flexibility index (Phi) is 9.39. The molecule has 4 heterocycles. The molecule has 2 aliphatic rings.